The number of hydrogen-bond donors (Lipinski definition) is 0. The van der Waals surface area contributed by atoms with Crippen LogP contribution in [-0.4, -0.2) is 10.2 Å². The van der Waals surface area contributed by atoms with Crippen molar-refractivity contribution in [2.24, 2.45) is 0 Å². The Morgan fingerprint density at radius 2 is 1.81 bits per heavy atom. The lowest BCUT2D eigenvalue weighted by Gasteiger charge is -2.14. The Hall–Kier alpha value is -2.38. The van der Waals surface area contributed by atoms with Gasteiger partial charge in [-0.3, -0.25) is 9.69 Å². The van der Waals surface area contributed by atoms with Gasteiger partial charge in [0.1, 0.15) is 18.2 Å². The fraction of sp³-hybridized carbons (Fsp3) is 0.0435. The highest BCUT2D eigenvalue weighted by molar-refractivity contribution is 8.27. The molecule has 1 aliphatic rings. The molecule has 8 heteroatoms. The zero-order valence-electron chi connectivity index (χ0n) is 15.8. The van der Waals surface area contributed by atoms with E-state index in [2.05, 4.69) is 0 Å². The van der Waals surface area contributed by atoms with Crippen LogP contribution in [0.4, 0.5) is 10.1 Å². The lowest BCUT2D eigenvalue weighted by Crippen LogP contribution is -2.27. The predicted octanol–water partition coefficient (Wildman–Crippen LogP) is 7.12. The first kappa shape index (κ1) is 21.8. The Kier molecular flexibility index (Phi) is 6.62. The Bertz CT molecular complexity index is 1180. The number of hydrogen-bond acceptors (Lipinski definition) is 4. The van der Waals surface area contributed by atoms with Gasteiger partial charge in [0.05, 0.1) is 15.6 Å². The fourth-order valence-electron chi connectivity index (χ4n) is 2.94. The first-order valence-electron chi connectivity index (χ1n) is 9.11. The molecule has 0 spiro atoms. The Balaban J connectivity index is 1.47. The summed E-state index contributed by atoms with van der Waals surface area (Å²) in [6, 6.07) is 18.6. The maximum absolute atomic E-state index is 13.9. The second kappa shape index (κ2) is 9.40. The van der Waals surface area contributed by atoms with E-state index in [1.165, 1.54) is 22.7 Å². The second-order valence-electron chi connectivity index (χ2n) is 6.55. The number of rotatable bonds is 5. The van der Waals surface area contributed by atoms with Crippen molar-refractivity contribution in [3.05, 3.63) is 98.6 Å². The number of carbonyl (C=O) groups is 1. The minimum atomic E-state index is -0.411. The van der Waals surface area contributed by atoms with Crippen LogP contribution in [0.1, 0.15) is 11.1 Å². The summed E-state index contributed by atoms with van der Waals surface area (Å²) >= 11 is 18.7. The Morgan fingerprint density at radius 3 is 2.52 bits per heavy atom. The summed E-state index contributed by atoms with van der Waals surface area (Å²) in [6.45, 7) is 0.0170. The molecule has 0 radical (unpaired) electrons. The summed E-state index contributed by atoms with van der Waals surface area (Å²) in [5, 5.41) is 0.848. The van der Waals surface area contributed by atoms with E-state index in [4.69, 9.17) is 40.2 Å². The molecule has 0 aromatic heterocycles. The number of carbonyl (C=O) groups excluding carboxylic acids is 1. The number of thiocarbonyl (C=S) groups is 1. The largest absolute Gasteiger partial charge is 0.489 e. The molecule has 0 saturated carbocycles. The Labute approximate surface area is 198 Å². The van der Waals surface area contributed by atoms with E-state index in [1.807, 2.05) is 12.1 Å². The van der Waals surface area contributed by atoms with Gasteiger partial charge in [-0.05, 0) is 54.1 Å². The van der Waals surface area contributed by atoms with E-state index in [0.717, 1.165) is 5.56 Å². The van der Waals surface area contributed by atoms with Gasteiger partial charge in [0, 0.05) is 10.6 Å². The van der Waals surface area contributed by atoms with Crippen LogP contribution in [0.5, 0.6) is 5.75 Å². The summed E-state index contributed by atoms with van der Waals surface area (Å²) < 4.78 is 19.9. The number of anilines is 1. The average Bonchev–Trinajstić information content (AvgIpc) is 3.02. The molecule has 1 aliphatic heterocycles. The highest BCUT2D eigenvalue weighted by atomic mass is 35.5. The van der Waals surface area contributed by atoms with Crippen LogP contribution in [0.3, 0.4) is 0 Å². The molecule has 0 N–H and O–H groups in total. The minimum absolute atomic E-state index is 0.0170. The number of halogens is 3. The van der Waals surface area contributed by atoms with Crippen LogP contribution in [-0.2, 0) is 11.4 Å². The van der Waals surface area contributed by atoms with Crippen LogP contribution in [0.15, 0.2) is 71.6 Å². The third-order valence-electron chi connectivity index (χ3n) is 4.48. The van der Waals surface area contributed by atoms with Gasteiger partial charge >= 0.3 is 0 Å². The number of amides is 1. The monoisotopic (exact) mass is 489 g/mol. The summed E-state index contributed by atoms with van der Waals surface area (Å²) in [5.74, 6) is -0.0550. The molecule has 0 atom stereocenters. The topological polar surface area (TPSA) is 29.5 Å². The number of benzene rings is 3. The van der Waals surface area contributed by atoms with E-state index in [-0.39, 0.29) is 12.5 Å². The smallest absolute Gasteiger partial charge is 0.270 e. The van der Waals surface area contributed by atoms with Crippen LogP contribution in [0, 0.1) is 5.82 Å². The normalized spacial score (nSPS) is 15.1. The maximum Gasteiger partial charge on any atom is 0.270 e. The first-order chi connectivity index (χ1) is 14.9. The van der Waals surface area contributed by atoms with E-state index < -0.39 is 5.82 Å². The quantitative estimate of drug-likeness (QED) is 0.282. The molecule has 1 saturated heterocycles. The van der Waals surface area contributed by atoms with Crippen LogP contribution in [0.25, 0.3) is 6.08 Å². The molecule has 1 heterocycles. The van der Waals surface area contributed by atoms with Gasteiger partial charge < -0.3 is 4.74 Å². The zero-order valence-corrected chi connectivity index (χ0v) is 19.0. The van der Waals surface area contributed by atoms with Gasteiger partial charge in [-0.2, -0.15) is 0 Å². The van der Waals surface area contributed by atoms with Crippen molar-refractivity contribution in [2.45, 2.75) is 6.61 Å². The Morgan fingerprint density at radius 1 is 1.06 bits per heavy atom. The van der Waals surface area contributed by atoms with Crippen LogP contribution >= 0.6 is 47.2 Å². The van der Waals surface area contributed by atoms with Crippen molar-refractivity contribution in [1.29, 1.82) is 0 Å². The van der Waals surface area contributed by atoms with Crippen molar-refractivity contribution in [3.63, 3.8) is 0 Å². The van der Waals surface area contributed by atoms with Crippen molar-refractivity contribution in [3.8, 4) is 5.75 Å². The summed E-state index contributed by atoms with van der Waals surface area (Å²) in [7, 11) is 0. The molecule has 0 bridgehead atoms. The first-order valence-corrected chi connectivity index (χ1v) is 11.1. The SMILES string of the molecule is O=C1/C(=C\c2ccc(OCc3c(F)cccc3Cl)cc2)SC(=S)N1c1cccc(Cl)c1. The van der Waals surface area contributed by atoms with Crippen LogP contribution in [0.2, 0.25) is 10.0 Å². The molecule has 3 aromatic carbocycles. The third-order valence-corrected chi connectivity index (χ3v) is 6.37. The summed E-state index contributed by atoms with van der Waals surface area (Å²) in [4.78, 5) is 14.8. The molecule has 0 aliphatic carbocycles. The standard InChI is InChI=1S/C23H14Cl2FNO2S2/c24-15-3-1-4-16(12-15)27-22(28)21(31-23(27)30)11-14-7-9-17(10-8-14)29-13-18-19(25)5-2-6-20(18)26/h1-12H,13H2/b21-11+. The van der Waals surface area contributed by atoms with Crippen molar-refractivity contribution < 1.29 is 13.9 Å². The molecule has 31 heavy (non-hydrogen) atoms. The lowest BCUT2D eigenvalue weighted by molar-refractivity contribution is -0.113. The predicted molar refractivity (Wildman–Crippen MR) is 129 cm³/mol. The van der Waals surface area contributed by atoms with Crippen molar-refractivity contribution >= 4 is 69.2 Å². The maximum atomic E-state index is 13.9. The number of ether oxygens (including phenoxy) is 1. The highest BCUT2D eigenvalue weighted by Gasteiger charge is 2.33. The minimum Gasteiger partial charge on any atom is -0.489 e. The van der Waals surface area contributed by atoms with Gasteiger partial charge in [0.25, 0.3) is 5.91 Å². The van der Waals surface area contributed by atoms with E-state index in [9.17, 15) is 9.18 Å². The fourth-order valence-corrected chi connectivity index (χ4v) is 4.64. The van der Waals surface area contributed by atoms with Gasteiger partial charge in [-0.1, -0.05) is 71.4 Å². The van der Waals surface area contributed by atoms with E-state index in [0.29, 0.717) is 36.3 Å². The van der Waals surface area contributed by atoms with Crippen molar-refractivity contribution in [1.82, 2.24) is 0 Å². The van der Waals surface area contributed by atoms with Gasteiger partial charge in [0.2, 0.25) is 0 Å². The molecular weight excluding hydrogens is 476 g/mol. The van der Waals surface area contributed by atoms with Crippen LogP contribution < -0.4 is 9.64 Å². The molecule has 1 amide bonds. The number of thioether (sulfide) groups is 1. The number of nitrogens with zero attached hydrogens (tertiary/aromatic N) is 1. The average molecular weight is 490 g/mol. The molecule has 3 aromatic rings. The molecule has 1 fully saturated rings. The summed E-state index contributed by atoms with van der Waals surface area (Å²) in [5.41, 5.74) is 1.75. The molecule has 156 valence electrons. The van der Waals surface area contributed by atoms with Gasteiger partial charge in [-0.25, -0.2) is 4.39 Å². The summed E-state index contributed by atoms with van der Waals surface area (Å²) in [6.07, 6.45) is 1.77. The van der Waals surface area contributed by atoms with Gasteiger partial charge in [0.15, 0.2) is 4.32 Å². The highest BCUT2D eigenvalue weighted by Crippen LogP contribution is 2.36. The molecule has 3 nitrogen and oxygen atoms in total. The lowest BCUT2D eigenvalue weighted by atomic mass is 10.2. The third kappa shape index (κ3) is 4.93. The molecule has 0 unspecified atom stereocenters. The van der Waals surface area contributed by atoms with E-state index >= 15 is 0 Å². The van der Waals surface area contributed by atoms with E-state index in [1.54, 1.807) is 54.6 Å². The molecule has 4 rings (SSSR count). The molecular formula is C23H14Cl2FNO2S2. The van der Waals surface area contributed by atoms with Crippen molar-refractivity contribution in [2.75, 3.05) is 4.90 Å². The second-order valence-corrected chi connectivity index (χ2v) is 9.07. The zero-order chi connectivity index (χ0) is 22.0. The van der Waals surface area contributed by atoms with Gasteiger partial charge in [-0.15, -0.1) is 0 Å².